The van der Waals surface area contributed by atoms with Crippen LogP contribution >= 0.6 is 11.6 Å². The number of halogens is 1. The van der Waals surface area contributed by atoms with Gasteiger partial charge in [0.15, 0.2) is 6.10 Å². The van der Waals surface area contributed by atoms with Crippen LogP contribution in [0.15, 0.2) is 28.7 Å². The second kappa shape index (κ2) is 3.24. The minimum absolute atomic E-state index is 0.0459. The van der Waals surface area contributed by atoms with E-state index in [1.54, 1.807) is 0 Å². The van der Waals surface area contributed by atoms with Gasteiger partial charge in [-0.1, -0.05) is 23.3 Å². The van der Waals surface area contributed by atoms with E-state index in [1.807, 2.05) is 24.3 Å². The summed E-state index contributed by atoms with van der Waals surface area (Å²) in [7, 11) is 0. The van der Waals surface area contributed by atoms with Crippen molar-refractivity contribution in [1.82, 2.24) is 10.2 Å². The van der Waals surface area contributed by atoms with Crippen molar-refractivity contribution in [3.8, 4) is 5.75 Å². The van der Waals surface area contributed by atoms with Gasteiger partial charge in [-0.15, -0.1) is 5.10 Å². The molecule has 2 aromatic rings. The Labute approximate surface area is 90.8 Å². The molecule has 2 heterocycles. The predicted molar refractivity (Wildman–Crippen MR) is 52.8 cm³/mol. The number of hydrogen-bond donors (Lipinski definition) is 0. The molecule has 5 heteroatoms. The lowest BCUT2D eigenvalue weighted by Gasteiger charge is -2.03. The van der Waals surface area contributed by atoms with E-state index in [0.29, 0.717) is 5.89 Å². The van der Waals surface area contributed by atoms with E-state index in [2.05, 4.69) is 10.2 Å². The Morgan fingerprint density at radius 2 is 2.13 bits per heavy atom. The maximum absolute atomic E-state index is 5.65. The molecule has 1 aromatic heterocycles. The number of aromatic nitrogens is 2. The first-order chi connectivity index (χ1) is 7.33. The molecule has 4 nitrogen and oxygen atoms in total. The summed E-state index contributed by atoms with van der Waals surface area (Å²) in [4.78, 5) is 0. The van der Waals surface area contributed by atoms with Crippen LogP contribution in [0.4, 0.5) is 0 Å². The summed E-state index contributed by atoms with van der Waals surface area (Å²) in [5.74, 6) is 1.30. The van der Waals surface area contributed by atoms with E-state index < -0.39 is 0 Å². The first-order valence-electron chi connectivity index (χ1n) is 4.56. The lowest BCUT2D eigenvalue weighted by atomic mass is 10.1. The quantitative estimate of drug-likeness (QED) is 0.744. The van der Waals surface area contributed by atoms with Crippen LogP contribution in [0.5, 0.6) is 5.75 Å². The third-order valence-corrected chi connectivity index (χ3v) is 2.49. The average Bonchev–Trinajstić information content (AvgIpc) is 2.82. The van der Waals surface area contributed by atoms with Gasteiger partial charge in [-0.25, -0.2) is 0 Å². The zero-order valence-electron chi connectivity index (χ0n) is 7.68. The second-order valence-corrected chi connectivity index (χ2v) is 3.63. The van der Waals surface area contributed by atoms with Gasteiger partial charge < -0.3 is 9.15 Å². The summed E-state index contributed by atoms with van der Waals surface area (Å²) in [6, 6.07) is 7.86. The van der Waals surface area contributed by atoms with Crippen LogP contribution in [0, 0.1) is 0 Å². The molecule has 0 bridgehead atoms. The molecule has 1 aliphatic rings. The highest BCUT2D eigenvalue weighted by Gasteiger charge is 2.28. The first kappa shape index (κ1) is 8.73. The monoisotopic (exact) mass is 222 g/mol. The molecule has 0 aliphatic carbocycles. The Hall–Kier alpha value is -1.55. The molecule has 0 fully saturated rings. The van der Waals surface area contributed by atoms with Crippen molar-refractivity contribution >= 4 is 11.6 Å². The van der Waals surface area contributed by atoms with Crippen molar-refractivity contribution in [3.63, 3.8) is 0 Å². The molecule has 1 unspecified atom stereocenters. The van der Waals surface area contributed by atoms with Gasteiger partial charge in [0.1, 0.15) is 5.75 Å². The van der Waals surface area contributed by atoms with Gasteiger partial charge >= 0.3 is 5.35 Å². The Bertz CT molecular complexity index is 473. The fraction of sp³-hybridized carbons (Fsp3) is 0.200. The Balaban J connectivity index is 1.90. The minimum Gasteiger partial charge on any atom is -0.480 e. The molecule has 76 valence electrons. The zero-order valence-corrected chi connectivity index (χ0v) is 8.44. The summed E-state index contributed by atoms with van der Waals surface area (Å²) >= 11 is 5.55. The molecule has 3 rings (SSSR count). The summed E-state index contributed by atoms with van der Waals surface area (Å²) in [5, 5.41) is 7.45. The van der Waals surface area contributed by atoms with E-state index in [1.165, 1.54) is 0 Å². The van der Waals surface area contributed by atoms with E-state index >= 15 is 0 Å². The summed E-state index contributed by atoms with van der Waals surface area (Å²) in [6.45, 7) is 0. The Kier molecular flexibility index (Phi) is 1.89. The molecule has 1 aromatic carbocycles. The third-order valence-electron chi connectivity index (χ3n) is 2.34. The molecule has 0 amide bonds. The first-order valence-corrected chi connectivity index (χ1v) is 4.94. The van der Waals surface area contributed by atoms with E-state index in [9.17, 15) is 0 Å². The number of benzene rings is 1. The maximum atomic E-state index is 5.65. The van der Waals surface area contributed by atoms with Crippen LogP contribution in [-0.4, -0.2) is 10.2 Å². The van der Waals surface area contributed by atoms with Crippen molar-refractivity contribution in [2.75, 3.05) is 0 Å². The van der Waals surface area contributed by atoms with Crippen molar-refractivity contribution in [1.29, 1.82) is 0 Å². The molecule has 1 aliphatic heterocycles. The minimum atomic E-state index is -0.206. The van der Waals surface area contributed by atoms with Gasteiger partial charge in [0.05, 0.1) is 0 Å². The number of nitrogens with zero attached hydrogens (tertiary/aromatic N) is 2. The molecular formula is C10H7ClN2O2. The average molecular weight is 223 g/mol. The Morgan fingerprint density at radius 1 is 1.27 bits per heavy atom. The molecule has 0 saturated heterocycles. The molecule has 0 spiro atoms. The molecule has 1 atom stereocenters. The lowest BCUT2D eigenvalue weighted by molar-refractivity contribution is 0.198. The second-order valence-electron chi connectivity index (χ2n) is 3.31. The Morgan fingerprint density at radius 3 is 2.87 bits per heavy atom. The highest BCUT2D eigenvalue weighted by molar-refractivity contribution is 6.27. The molecule has 15 heavy (non-hydrogen) atoms. The number of ether oxygens (including phenoxy) is 1. The SMILES string of the molecule is Clc1nnc(C2Cc3ccccc3O2)o1. The predicted octanol–water partition coefficient (Wildman–Crippen LogP) is 2.40. The van der Waals surface area contributed by atoms with Crippen LogP contribution in [0.25, 0.3) is 0 Å². The number of para-hydroxylation sites is 1. The van der Waals surface area contributed by atoms with Crippen molar-refractivity contribution in [3.05, 3.63) is 41.1 Å². The van der Waals surface area contributed by atoms with E-state index in [4.69, 9.17) is 20.8 Å². The molecule has 0 N–H and O–H groups in total. The van der Waals surface area contributed by atoms with Gasteiger partial charge in [0, 0.05) is 6.42 Å². The molecular weight excluding hydrogens is 216 g/mol. The largest absolute Gasteiger partial charge is 0.480 e. The standard InChI is InChI=1S/C10H7ClN2O2/c11-10-13-12-9(15-10)8-5-6-3-1-2-4-7(6)14-8/h1-4,8H,5H2. The van der Waals surface area contributed by atoms with E-state index in [0.717, 1.165) is 17.7 Å². The maximum Gasteiger partial charge on any atom is 0.312 e. The summed E-state index contributed by atoms with van der Waals surface area (Å²) in [5.41, 5.74) is 1.15. The van der Waals surface area contributed by atoms with Crippen molar-refractivity contribution in [2.45, 2.75) is 12.5 Å². The van der Waals surface area contributed by atoms with E-state index in [-0.39, 0.29) is 11.5 Å². The third kappa shape index (κ3) is 1.47. The zero-order chi connectivity index (χ0) is 10.3. The number of hydrogen-bond acceptors (Lipinski definition) is 4. The van der Waals surface area contributed by atoms with Crippen LogP contribution in [0.3, 0.4) is 0 Å². The smallest absolute Gasteiger partial charge is 0.312 e. The summed E-state index contributed by atoms with van der Waals surface area (Å²) < 4.78 is 10.8. The van der Waals surface area contributed by atoms with Crippen LogP contribution in [-0.2, 0) is 6.42 Å². The molecule has 0 saturated carbocycles. The van der Waals surface area contributed by atoms with Gasteiger partial charge in [-0.3, -0.25) is 0 Å². The number of rotatable bonds is 1. The lowest BCUT2D eigenvalue weighted by Crippen LogP contribution is -2.03. The van der Waals surface area contributed by atoms with Gasteiger partial charge in [-0.2, -0.15) is 0 Å². The summed E-state index contributed by atoms with van der Waals surface area (Å²) in [6.07, 6.45) is 0.539. The van der Waals surface area contributed by atoms with Crippen LogP contribution in [0.1, 0.15) is 17.6 Å². The fourth-order valence-corrected chi connectivity index (χ4v) is 1.78. The van der Waals surface area contributed by atoms with Gasteiger partial charge in [0.2, 0.25) is 0 Å². The highest BCUT2D eigenvalue weighted by atomic mass is 35.5. The van der Waals surface area contributed by atoms with Crippen LogP contribution in [0.2, 0.25) is 5.35 Å². The van der Waals surface area contributed by atoms with Gasteiger partial charge in [-0.05, 0) is 23.2 Å². The van der Waals surface area contributed by atoms with Crippen LogP contribution < -0.4 is 4.74 Å². The normalized spacial score (nSPS) is 18.6. The van der Waals surface area contributed by atoms with Crippen molar-refractivity contribution < 1.29 is 9.15 Å². The number of fused-ring (bicyclic) bond motifs is 1. The van der Waals surface area contributed by atoms with Gasteiger partial charge in [0.25, 0.3) is 5.89 Å². The molecule has 0 radical (unpaired) electrons. The highest BCUT2D eigenvalue weighted by Crippen LogP contribution is 2.35. The topological polar surface area (TPSA) is 48.2 Å². The van der Waals surface area contributed by atoms with Crippen molar-refractivity contribution in [2.24, 2.45) is 0 Å². The fourth-order valence-electron chi connectivity index (χ4n) is 1.67.